The minimum atomic E-state index is 0.147. The van der Waals surface area contributed by atoms with Crippen LogP contribution in [0.1, 0.15) is 30.8 Å². The van der Waals surface area contributed by atoms with Crippen molar-refractivity contribution in [3.05, 3.63) is 47.0 Å². The summed E-state index contributed by atoms with van der Waals surface area (Å²) in [6.07, 6.45) is 3.44. The third-order valence-corrected chi connectivity index (χ3v) is 3.49. The topological polar surface area (TPSA) is 42.7 Å². The zero-order chi connectivity index (χ0) is 13.7. The summed E-state index contributed by atoms with van der Waals surface area (Å²) in [4.78, 5) is 4.35. The molecule has 0 fully saturated rings. The molecular weight excluding hydrogens is 260 g/mol. The van der Waals surface area contributed by atoms with Gasteiger partial charge in [-0.3, -0.25) is 4.68 Å². The highest BCUT2D eigenvalue weighted by atomic mass is 35.5. The standard InChI is InChI=1S/C14H19ClN4/c1-3-8-19-14(17-10-18-19)9-13(16-2)11-6-4-5-7-12(11)15/h4-7,10,13,16H,3,8-9H2,1-2H3. The van der Waals surface area contributed by atoms with Gasteiger partial charge in [0, 0.05) is 24.0 Å². The Kier molecular flexibility index (Phi) is 4.93. The summed E-state index contributed by atoms with van der Waals surface area (Å²) in [5.74, 6) is 0.987. The first-order valence-electron chi connectivity index (χ1n) is 6.54. The van der Waals surface area contributed by atoms with Gasteiger partial charge in [-0.2, -0.15) is 5.10 Å². The lowest BCUT2D eigenvalue weighted by Gasteiger charge is -2.17. The van der Waals surface area contributed by atoms with Crippen molar-refractivity contribution in [1.29, 1.82) is 0 Å². The maximum absolute atomic E-state index is 6.26. The van der Waals surface area contributed by atoms with Gasteiger partial charge < -0.3 is 5.32 Å². The second kappa shape index (κ2) is 6.68. The van der Waals surface area contributed by atoms with E-state index in [1.165, 1.54) is 0 Å². The molecule has 4 nitrogen and oxygen atoms in total. The Bertz CT molecular complexity index is 524. The fourth-order valence-electron chi connectivity index (χ4n) is 2.15. The average Bonchev–Trinajstić information content (AvgIpc) is 2.85. The van der Waals surface area contributed by atoms with E-state index in [0.717, 1.165) is 35.8 Å². The van der Waals surface area contributed by atoms with Crippen LogP contribution in [-0.4, -0.2) is 21.8 Å². The van der Waals surface area contributed by atoms with Crippen molar-refractivity contribution in [2.75, 3.05) is 7.05 Å². The van der Waals surface area contributed by atoms with E-state index in [-0.39, 0.29) is 6.04 Å². The maximum atomic E-state index is 6.26. The number of hydrogen-bond acceptors (Lipinski definition) is 3. The largest absolute Gasteiger partial charge is 0.313 e. The molecule has 0 aliphatic carbocycles. The molecule has 0 aliphatic heterocycles. The van der Waals surface area contributed by atoms with E-state index in [9.17, 15) is 0 Å². The number of benzene rings is 1. The first-order chi connectivity index (χ1) is 9.26. The van der Waals surface area contributed by atoms with Crippen molar-refractivity contribution in [2.24, 2.45) is 0 Å². The summed E-state index contributed by atoms with van der Waals surface area (Å²) in [7, 11) is 1.94. The minimum absolute atomic E-state index is 0.147. The van der Waals surface area contributed by atoms with Crippen molar-refractivity contribution in [1.82, 2.24) is 20.1 Å². The number of likely N-dealkylation sites (N-methyl/N-ethyl adjacent to an activating group) is 1. The summed E-state index contributed by atoms with van der Waals surface area (Å²) in [5, 5.41) is 8.34. The van der Waals surface area contributed by atoms with Gasteiger partial charge in [0.2, 0.25) is 0 Å². The number of halogens is 1. The fraction of sp³-hybridized carbons (Fsp3) is 0.429. The first-order valence-corrected chi connectivity index (χ1v) is 6.92. The average molecular weight is 279 g/mol. The molecule has 0 bridgehead atoms. The molecule has 1 unspecified atom stereocenters. The molecule has 0 amide bonds. The van der Waals surface area contributed by atoms with Crippen LogP contribution < -0.4 is 5.32 Å². The van der Waals surface area contributed by atoms with Crippen molar-refractivity contribution in [3.63, 3.8) is 0 Å². The molecule has 2 aromatic rings. The van der Waals surface area contributed by atoms with Crippen LogP contribution in [0.15, 0.2) is 30.6 Å². The van der Waals surface area contributed by atoms with Crippen molar-refractivity contribution < 1.29 is 0 Å². The number of nitrogens with zero attached hydrogens (tertiary/aromatic N) is 3. The Labute approximate surface area is 118 Å². The van der Waals surface area contributed by atoms with Crippen LogP contribution >= 0.6 is 11.6 Å². The van der Waals surface area contributed by atoms with E-state index in [4.69, 9.17) is 11.6 Å². The van der Waals surface area contributed by atoms with Crippen LogP contribution in [0.5, 0.6) is 0 Å². The highest BCUT2D eigenvalue weighted by Crippen LogP contribution is 2.24. The molecule has 0 radical (unpaired) electrons. The highest BCUT2D eigenvalue weighted by Gasteiger charge is 2.16. The first kappa shape index (κ1) is 14.0. The van der Waals surface area contributed by atoms with Gasteiger partial charge >= 0.3 is 0 Å². The Morgan fingerprint density at radius 2 is 2.16 bits per heavy atom. The van der Waals surface area contributed by atoms with E-state index in [1.54, 1.807) is 6.33 Å². The summed E-state index contributed by atoms with van der Waals surface area (Å²) < 4.78 is 1.96. The Morgan fingerprint density at radius 1 is 1.37 bits per heavy atom. The third-order valence-electron chi connectivity index (χ3n) is 3.15. The van der Waals surface area contributed by atoms with Gasteiger partial charge in [-0.25, -0.2) is 4.98 Å². The normalized spacial score (nSPS) is 12.6. The third kappa shape index (κ3) is 3.33. The minimum Gasteiger partial charge on any atom is -0.313 e. The van der Waals surface area contributed by atoms with E-state index >= 15 is 0 Å². The van der Waals surface area contributed by atoms with Gasteiger partial charge in [-0.15, -0.1) is 0 Å². The summed E-state index contributed by atoms with van der Waals surface area (Å²) in [6, 6.07) is 8.05. The van der Waals surface area contributed by atoms with Crippen molar-refractivity contribution in [3.8, 4) is 0 Å². The van der Waals surface area contributed by atoms with Crippen LogP contribution in [0.4, 0.5) is 0 Å². The molecule has 0 saturated carbocycles. The lowest BCUT2D eigenvalue weighted by atomic mass is 10.0. The van der Waals surface area contributed by atoms with Crippen molar-refractivity contribution >= 4 is 11.6 Å². The molecule has 1 atom stereocenters. The number of aromatic nitrogens is 3. The van der Waals surface area contributed by atoms with Crippen LogP contribution in [0.2, 0.25) is 5.02 Å². The monoisotopic (exact) mass is 278 g/mol. The maximum Gasteiger partial charge on any atom is 0.138 e. The van der Waals surface area contributed by atoms with Crippen LogP contribution in [0, 0.1) is 0 Å². The summed E-state index contributed by atoms with van der Waals surface area (Å²) in [6.45, 7) is 3.03. The van der Waals surface area contributed by atoms with Crippen molar-refractivity contribution in [2.45, 2.75) is 32.4 Å². The number of nitrogens with one attached hydrogen (secondary N) is 1. The molecule has 19 heavy (non-hydrogen) atoms. The number of hydrogen-bond donors (Lipinski definition) is 1. The lowest BCUT2D eigenvalue weighted by Crippen LogP contribution is -2.21. The molecule has 1 N–H and O–H groups in total. The molecule has 0 saturated heterocycles. The quantitative estimate of drug-likeness (QED) is 0.884. The van der Waals surface area contributed by atoms with Gasteiger partial charge in [0.25, 0.3) is 0 Å². The molecular formula is C14H19ClN4. The number of aryl methyl sites for hydroxylation is 1. The Hall–Kier alpha value is -1.39. The molecule has 102 valence electrons. The van der Waals surface area contributed by atoms with Gasteiger partial charge in [0.05, 0.1) is 0 Å². The lowest BCUT2D eigenvalue weighted by molar-refractivity contribution is 0.517. The molecule has 0 spiro atoms. The summed E-state index contributed by atoms with van der Waals surface area (Å²) in [5.41, 5.74) is 1.10. The molecule has 1 aromatic carbocycles. The van der Waals surface area contributed by atoms with Gasteiger partial charge in [-0.05, 0) is 25.1 Å². The fourth-order valence-corrected chi connectivity index (χ4v) is 2.42. The highest BCUT2D eigenvalue weighted by molar-refractivity contribution is 6.31. The molecule has 2 rings (SSSR count). The summed E-state index contributed by atoms with van der Waals surface area (Å²) >= 11 is 6.26. The van der Waals surface area contributed by atoms with Gasteiger partial charge in [-0.1, -0.05) is 36.7 Å². The smallest absolute Gasteiger partial charge is 0.138 e. The Balaban J connectivity index is 2.19. The van der Waals surface area contributed by atoms with Crippen LogP contribution in [0.3, 0.4) is 0 Å². The Morgan fingerprint density at radius 3 is 2.84 bits per heavy atom. The van der Waals surface area contributed by atoms with E-state index in [1.807, 2.05) is 36.0 Å². The zero-order valence-corrected chi connectivity index (χ0v) is 12.1. The van der Waals surface area contributed by atoms with E-state index < -0.39 is 0 Å². The SMILES string of the molecule is CCCn1ncnc1CC(NC)c1ccccc1Cl. The predicted octanol–water partition coefficient (Wildman–Crippen LogP) is 2.84. The molecule has 0 aliphatic rings. The van der Waals surface area contributed by atoms with E-state index in [2.05, 4.69) is 22.3 Å². The van der Waals surface area contributed by atoms with Gasteiger partial charge in [0.15, 0.2) is 0 Å². The second-order valence-electron chi connectivity index (χ2n) is 4.47. The van der Waals surface area contributed by atoms with E-state index in [0.29, 0.717) is 0 Å². The zero-order valence-electron chi connectivity index (χ0n) is 11.3. The molecule has 1 heterocycles. The predicted molar refractivity (Wildman–Crippen MR) is 77.3 cm³/mol. The van der Waals surface area contributed by atoms with Crippen LogP contribution in [0.25, 0.3) is 0 Å². The number of rotatable bonds is 6. The second-order valence-corrected chi connectivity index (χ2v) is 4.87. The molecule has 1 aromatic heterocycles. The molecule has 5 heteroatoms. The van der Waals surface area contributed by atoms with Crippen LogP contribution in [-0.2, 0) is 13.0 Å². The van der Waals surface area contributed by atoms with Gasteiger partial charge in [0.1, 0.15) is 12.2 Å².